The molecule has 1 saturated heterocycles. The molecule has 1 aliphatic heterocycles. The van der Waals surface area contributed by atoms with E-state index in [0.29, 0.717) is 25.6 Å². The lowest BCUT2D eigenvalue weighted by Crippen LogP contribution is -2.40. The Balaban J connectivity index is 1.70. The maximum absolute atomic E-state index is 12.5. The largest absolute Gasteiger partial charge is 0.469 e. The van der Waals surface area contributed by atoms with Crippen LogP contribution in [0.2, 0.25) is 0 Å². The first-order chi connectivity index (χ1) is 13.5. The summed E-state index contributed by atoms with van der Waals surface area (Å²) in [4.78, 5) is 6.15. The van der Waals surface area contributed by atoms with Gasteiger partial charge in [-0.1, -0.05) is 0 Å². The summed E-state index contributed by atoms with van der Waals surface area (Å²) in [6.45, 7) is 2.50. The van der Waals surface area contributed by atoms with Gasteiger partial charge in [0.05, 0.1) is 12.8 Å². The summed E-state index contributed by atoms with van der Waals surface area (Å²) in [5, 5.41) is 6.65. The number of halogens is 3. The molecule has 1 fully saturated rings. The molecule has 9 heteroatoms. The van der Waals surface area contributed by atoms with Crippen LogP contribution >= 0.6 is 11.8 Å². The number of alkyl halides is 3. The van der Waals surface area contributed by atoms with Crippen molar-refractivity contribution in [2.45, 2.75) is 31.9 Å². The zero-order valence-electron chi connectivity index (χ0n) is 16.4. The van der Waals surface area contributed by atoms with Gasteiger partial charge in [0, 0.05) is 31.8 Å². The highest BCUT2D eigenvalue weighted by atomic mass is 32.2. The number of furan rings is 1. The average Bonchev–Trinajstić information content (AvgIpc) is 3.15. The van der Waals surface area contributed by atoms with Crippen LogP contribution in [0.3, 0.4) is 0 Å². The Morgan fingerprint density at radius 3 is 2.68 bits per heavy atom. The molecule has 28 heavy (non-hydrogen) atoms. The maximum Gasteiger partial charge on any atom is 0.401 e. The Morgan fingerprint density at radius 2 is 2.04 bits per heavy atom. The molecule has 2 heterocycles. The van der Waals surface area contributed by atoms with Gasteiger partial charge in [-0.15, -0.1) is 0 Å². The van der Waals surface area contributed by atoms with Crippen LogP contribution in [-0.4, -0.2) is 68.3 Å². The molecule has 2 N–H and O–H groups in total. The van der Waals surface area contributed by atoms with Crippen molar-refractivity contribution in [3.05, 3.63) is 24.2 Å². The zero-order valence-corrected chi connectivity index (χ0v) is 17.2. The number of nitrogens with one attached hydrogen (secondary N) is 2. The Kier molecular flexibility index (Phi) is 10.0. The van der Waals surface area contributed by atoms with Crippen molar-refractivity contribution in [1.29, 1.82) is 0 Å². The number of piperidine rings is 1. The number of hydrogen-bond donors (Lipinski definition) is 2. The van der Waals surface area contributed by atoms with Gasteiger partial charge in [-0.2, -0.15) is 24.9 Å². The van der Waals surface area contributed by atoms with Crippen LogP contribution in [0.15, 0.2) is 27.8 Å². The molecule has 0 bridgehead atoms. The van der Waals surface area contributed by atoms with Crippen LogP contribution in [0.1, 0.15) is 25.0 Å². The molecule has 0 aromatic carbocycles. The molecule has 2 rings (SSSR count). The summed E-state index contributed by atoms with van der Waals surface area (Å²) >= 11 is 1.77. The molecule has 0 unspecified atom stereocenters. The smallest absolute Gasteiger partial charge is 0.401 e. The predicted molar refractivity (Wildman–Crippen MR) is 109 cm³/mol. The van der Waals surface area contributed by atoms with Gasteiger partial charge in [-0.3, -0.25) is 9.89 Å². The Bertz CT molecular complexity index is 558. The van der Waals surface area contributed by atoms with Gasteiger partial charge in [0.25, 0.3) is 0 Å². The lowest BCUT2D eigenvalue weighted by Gasteiger charge is -2.32. The van der Waals surface area contributed by atoms with Crippen molar-refractivity contribution in [3.63, 3.8) is 0 Å². The Labute approximate surface area is 169 Å². The number of guanidine groups is 1. The summed E-state index contributed by atoms with van der Waals surface area (Å²) in [5.74, 6) is 3.16. The lowest BCUT2D eigenvalue weighted by atomic mass is 9.93. The number of likely N-dealkylation sites (tertiary alicyclic amines) is 1. The van der Waals surface area contributed by atoms with E-state index in [9.17, 15) is 13.2 Å². The van der Waals surface area contributed by atoms with Gasteiger partial charge in [0.1, 0.15) is 5.76 Å². The number of nitrogens with zero attached hydrogens (tertiary/aromatic N) is 2. The van der Waals surface area contributed by atoms with E-state index in [2.05, 4.69) is 21.9 Å². The Hall–Kier alpha value is -1.35. The SMILES string of the molecule is CSCCNC(=NCCC1CCN(CC(F)(F)F)CC1)NCCc1ccco1. The first-order valence-corrected chi connectivity index (χ1v) is 11.2. The molecule has 0 amide bonds. The molecule has 160 valence electrons. The van der Waals surface area contributed by atoms with Crippen molar-refractivity contribution >= 4 is 17.7 Å². The fourth-order valence-electron chi connectivity index (χ4n) is 3.25. The molecule has 0 radical (unpaired) electrons. The second kappa shape index (κ2) is 12.3. The van der Waals surface area contributed by atoms with E-state index in [1.165, 1.54) is 4.90 Å². The van der Waals surface area contributed by atoms with E-state index in [-0.39, 0.29) is 0 Å². The van der Waals surface area contributed by atoms with Crippen molar-refractivity contribution in [2.24, 2.45) is 10.9 Å². The molecule has 5 nitrogen and oxygen atoms in total. The van der Waals surface area contributed by atoms with E-state index >= 15 is 0 Å². The van der Waals surface area contributed by atoms with E-state index in [0.717, 1.165) is 56.2 Å². The van der Waals surface area contributed by atoms with Crippen LogP contribution in [-0.2, 0) is 6.42 Å². The summed E-state index contributed by atoms with van der Waals surface area (Å²) in [6.07, 6.45) is 2.95. The minimum atomic E-state index is -4.10. The number of rotatable bonds is 10. The molecule has 1 aromatic rings. The molecule has 0 spiro atoms. The van der Waals surface area contributed by atoms with Gasteiger partial charge in [0.15, 0.2) is 5.96 Å². The van der Waals surface area contributed by atoms with Crippen molar-refractivity contribution in [1.82, 2.24) is 15.5 Å². The van der Waals surface area contributed by atoms with E-state index in [1.807, 2.05) is 12.1 Å². The molecule has 0 saturated carbocycles. The van der Waals surface area contributed by atoms with Crippen LogP contribution < -0.4 is 10.6 Å². The highest BCUT2D eigenvalue weighted by Crippen LogP contribution is 2.24. The highest BCUT2D eigenvalue weighted by molar-refractivity contribution is 7.98. The summed E-state index contributed by atoms with van der Waals surface area (Å²) in [7, 11) is 0. The van der Waals surface area contributed by atoms with Crippen LogP contribution in [0.25, 0.3) is 0 Å². The minimum absolute atomic E-state index is 0.448. The molecule has 0 atom stereocenters. The van der Waals surface area contributed by atoms with Gasteiger partial charge < -0.3 is 15.1 Å². The third kappa shape index (κ3) is 9.73. The predicted octanol–water partition coefficient (Wildman–Crippen LogP) is 3.38. The summed E-state index contributed by atoms with van der Waals surface area (Å²) < 4.78 is 42.7. The highest BCUT2D eigenvalue weighted by Gasteiger charge is 2.32. The van der Waals surface area contributed by atoms with E-state index in [4.69, 9.17) is 4.42 Å². The standard InChI is InChI=1S/C19H31F3N4OS/c1-28-14-10-25-18(24-9-5-17-3-2-13-27-17)23-8-4-16-6-11-26(12-7-16)15-19(20,21)22/h2-3,13,16H,4-12,14-15H2,1H3,(H2,23,24,25). The average molecular weight is 421 g/mol. The molecule has 1 aliphatic rings. The normalized spacial score (nSPS) is 17.1. The van der Waals surface area contributed by atoms with Crippen LogP contribution in [0.4, 0.5) is 13.2 Å². The van der Waals surface area contributed by atoms with E-state index in [1.54, 1.807) is 18.0 Å². The fraction of sp³-hybridized carbons (Fsp3) is 0.737. The van der Waals surface area contributed by atoms with Crippen molar-refractivity contribution in [2.75, 3.05) is 51.3 Å². The van der Waals surface area contributed by atoms with Crippen molar-refractivity contribution in [3.8, 4) is 0 Å². The topological polar surface area (TPSA) is 52.8 Å². The monoisotopic (exact) mass is 420 g/mol. The number of aliphatic imine (C=N–C) groups is 1. The quantitative estimate of drug-likeness (QED) is 0.345. The second-order valence-corrected chi connectivity index (χ2v) is 8.02. The number of hydrogen-bond acceptors (Lipinski definition) is 4. The molecular weight excluding hydrogens is 389 g/mol. The molecule has 0 aliphatic carbocycles. The van der Waals surface area contributed by atoms with Gasteiger partial charge in [0.2, 0.25) is 0 Å². The first kappa shape index (κ1) is 22.9. The summed E-state index contributed by atoms with van der Waals surface area (Å²) in [6, 6.07) is 3.83. The maximum atomic E-state index is 12.5. The molecule has 1 aromatic heterocycles. The first-order valence-electron chi connectivity index (χ1n) is 9.79. The second-order valence-electron chi connectivity index (χ2n) is 7.03. The Morgan fingerprint density at radius 1 is 1.29 bits per heavy atom. The third-order valence-corrected chi connectivity index (χ3v) is 5.37. The van der Waals surface area contributed by atoms with Gasteiger partial charge >= 0.3 is 6.18 Å². The van der Waals surface area contributed by atoms with Crippen LogP contribution in [0.5, 0.6) is 0 Å². The minimum Gasteiger partial charge on any atom is -0.469 e. The lowest BCUT2D eigenvalue weighted by molar-refractivity contribution is -0.148. The third-order valence-electron chi connectivity index (χ3n) is 4.76. The fourth-order valence-corrected chi connectivity index (χ4v) is 3.56. The summed E-state index contributed by atoms with van der Waals surface area (Å²) in [5.41, 5.74) is 0. The van der Waals surface area contributed by atoms with Crippen LogP contribution in [0, 0.1) is 5.92 Å². The van der Waals surface area contributed by atoms with Gasteiger partial charge in [-0.05, 0) is 56.7 Å². The van der Waals surface area contributed by atoms with Crippen molar-refractivity contribution < 1.29 is 17.6 Å². The van der Waals surface area contributed by atoms with Gasteiger partial charge in [-0.25, -0.2) is 0 Å². The van der Waals surface area contributed by atoms with E-state index < -0.39 is 12.7 Å². The molecular formula is C19H31F3N4OS. The number of thioether (sulfide) groups is 1. The zero-order chi connectivity index (χ0) is 20.2.